The van der Waals surface area contributed by atoms with Crippen LogP contribution in [-0.4, -0.2) is 19.6 Å². The Morgan fingerprint density at radius 1 is 1.57 bits per heavy atom. The van der Waals surface area contributed by atoms with Gasteiger partial charge < -0.3 is 14.8 Å². The summed E-state index contributed by atoms with van der Waals surface area (Å²) in [5.74, 6) is -1.04. The Morgan fingerprint density at radius 2 is 2.29 bits per heavy atom. The van der Waals surface area contributed by atoms with Crippen LogP contribution >= 0.6 is 11.6 Å². The molecule has 3 nitrogen and oxygen atoms in total. The summed E-state index contributed by atoms with van der Waals surface area (Å²) in [5, 5.41) is 11.0. The van der Waals surface area contributed by atoms with Crippen LogP contribution in [0, 0.1) is 0 Å². The first-order valence-corrected chi connectivity index (χ1v) is 4.71. The topological polar surface area (TPSA) is 44.6 Å². The molecule has 4 heteroatoms. The van der Waals surface area contributed by atoms with Crippen molar-refractivity contribution in [1.29, 1.82) is 0 Å². The molecule has 1 rings (SSSR count). The molecular weight excluding hydrogens is 202 g/mol. The summed E-state index contributed by atoms with van der Waals surface area (Å²) in [5.41, 5.74) is 1.02. The highest BCUT2D eigenvalue weighted by atomic mass is 35.5. The molecule has 0 fully saturated rings. The number of hydrogen-bond donors (Lipinski definition) is 1. The molecule has 0 saturated heterocycles. The summed E-state index contributed by atoms with van der Waals surface area (Å²) in [6, 6.07) is 7.40. The fourth-order valence-electron chi connectivity index (χ4n) is 1.30. The smallest absolute Gasteiger partial charge is 0.117 e. The number of halogens is 1. The van der Waals surface area contributed by atoms with Gasteiger partial charge in [0.1, 0.15) is 13.1 Å². The zero-order valence-corrected chi connectivity index (χ0v) is 8.67. The number of carbonyl (C=O) groups is 1. The molecule has 0 radical (unpaired) electrons. The molecule has 1 N–H and O–H groups in total. The maximum absolute atomic E-state index is 10.3. The van der Waals surface area contributed by atoms with E-state index in [0.717, 1.165) is 10.5 Å². The number of benzene rings is 1. The summed E-state index contributed by atoms with van der Waals surface area (Å²) in [6.45, 7) is 0.640. The second-order valence-corrected chi connectivity index (χ2v) is 3.75. The lowest BCUT2D eigenvalue weighted by atomic mass is 10.2. The van der Waals surface area contributed by atoms with Gasteiger partial charge in [0.15, 0.2) is 0 Å². The van der Waals surface area contributed by atoms with Crippen LogP contribution in [0.2, 0.25) is 5.02 Å². The SMILES string of the molecule is C[NH+](CC(=O)[O-])Cc1cccc(Cl)c1. The highest BCUT2D eigenvalue weighted by Gasteiger charge is 2.03. The van der Waals surface area contributed by atoms with Crippen LogP contribution in [-0.2, 0) is 11.3 Å². The van der Waals surface area contributed by atoms with E-state index in [2.05, 4.69) is 0 Å². The first-order chi connectivity index (χ1) is 6.58. The largest absolute Gasteiger partial charge is 0.544 e. The molecule has 1 atom stereocenters. The van der Waals surface area contributed by atoms with Crippen molar-refractivity contribution >= 4 is 17.6 Å². The second kappa shape index (κ2) is 4.98. The van der Waals surface area contributed by atoms with Gasteiger partial charge in [0.25, 0.3) is 0 Å². The summed E-state index contributed by atoms with van der Waals surface area (Å²) in [7, 11) is 1.80. The van der Waals surface area contributed by atoms with Crippen LogP contribution in [0.15, 0.2) is 24.3 Å². The van der Waals surface area contributed by atoms with Crippen LogP contribution in [0.5, 0.6) is 0 Å². The van der Waals surface area contributed by atoms with Gasteiger partial charge in [-0.05, 0) is 12.1 Å². The standard InChI is InChI=1S/C10H12ClNO2/c1-12(7-10(13)14)6-8-3-2-4-9(11)5-8/h2-5H,6-7H2,1H3,(H,13,14). The van der Waals surface area contributed by atoms with Crippen LogP contribution in [0.3, 0.4) is 0 Å². The third-order valence-electron chi connectivity index (χ3n) is 1.84. The molecule has 14 heavy (non-hydrogen) atoms. The molecule has 1 aromatic carbocycles. The van der Waals surface area contributed by atoms with Crippen molar-refractivity contribution in [2.45, 2.75) is 6.54 Å². The maximum atomic E-state index is 10.3. The normalized spacial score (nSPS) is 12.4. The second-order valence-electron chi connectivity index (χ2n) is 3.31. The van der Waals surface area contributed by atoms with Crippen LogP contribution < -0.4 is 10.0 Å². The summed E-state index contributed by atoms with van der Waals surface area (Å²) < 4.78 is 0. The van der Waals surface area contributed by atoms with E-state index in [0.29, 0.717) is 11.6 Å². The molecule has 0 aliphatic rings. The third kappa shape index (κ3) is 3.77. The number of nitrogens with one attached hydrogen (secondary N) is 1. The van der Waals surface area contributed by atoms with Crippen LogP contribution in [0.25, 0.3) is 0 Å². The maximum Gasteiger partial charge on any atom is 0.117 e. The highest BCUT2D eigenvalue weighted by molar-refractivity contribution is 6.30. The molecular formula is C10H12ClNO2. The van der Waals surface area contributed by atoms with Crippen LogP contribution in [0.1, 0.15) is 5.56 Å². The summed E-state index contributed by atoms with van der Waals surface area (Å²) in [6.07, 6.45) is 0. The monoisotopic (exact) mass is 213 g/mol. The van der Waals surface area contributed by atoms with Crippen molar-refractivity contribution < 1.29 is 14.8 Å². The van der Waals surface area contributed by atoms with E-state index in [1.807, 2.05) is 18.2 Å². The minimum Gasteiger partial charge on any atom is -0.544 e. The third-order valence-corrected chi connectivity index (χ3v) is 2.08. The van der Waals surface area contributed by atoms with Gasteiger partial charge in [-0.25, -0.2) is 0 Å². The summed E-state index contributed by atoms with van der Waals surface area (Å²) >= 11 is 5.80. The van der Waals surface area contributed by atoms with Crippen molar-refractivity contribution in [2.75, 3.05) is 13.6 Å². The average molecular weight is 214 g/mol. The van der Waals surface area contributed by atoms with E-state index in [9.17, 15) is 9.90 Å². The Hall–Kier alpha value is -1.06. The lowest BCUT2D eigenvalue weighted by molar-refractivity contribution is -0.887. The van der Waals surface area contributed by atoms with Gasteiger partial charge in [-0.1, -0.05) is 23.7 Å². The lowest BCUT2D eigenvalue weighted by Crippen LogP contribution is -3.09. The molecule has 1 unspecified atom stereocenters. The lowest BCUT2D eigenvalue weighted by Gasteiger charge is -2.14. The van der Waals surface area contributed by atoms with Gasteiger partial charge in [0, 0.05) is 10.6 Å². The minimum atomic E-state index is -1.04. The molecule has 0 aliphatic heterocycles. The zero-order chi connectivity index (χ0) is 10.6. The van der Waals surface area contributed by atoms with E-state index in [4.69, 9.17) is 11.6 Å². The fraction of sp³-hybridized carbons (Fsp3) is 0.300. The van der Waals surface area contributed by atoms with Crippen molar-refractivity contribution in [3.8, 4) is 0 Å². The number of aliphatic carboxylic acids is 1. The molecule has 76 valence electrons. The Kier molecular flexibility index (Phi) is 3.92. The molecule has 0 aliphatic carbocycles. The van der Waals surface area contributed by atoms with Gasteiger partial charge in [0.05, 0.1) is 13.0 Å². The number of hydrogen-bond acceptors (Lipinski definition) is 2. The van der Waals surface area contributed by atoms with Gasteiger partial charge in [0.2, 0.25) is 0 Å². The molecule has 0 heterocycles. The van der Waals surface area contributed by atoms with E-state index < -0.39 is 5.97 Å². The molecule has 0 spiro atoms. The number of rotatable bonds is 4. The van der Waals surface area contributed by atoms with Crippen molar-refractivity contribution in [3.05, 3.63) is 34.9 Å². The highest BCUT2D eigenvalue weighted by Crippen LogP contribution is 2.09. The molecule has 0 saturated carbocycles. The first-order valence-electron chi connectivity index (χ1n) is 4.33. The van der Waals surface area contributed by atoms with E-state index in [1.54, 1.807) is 13.1 Å². The Labute approximate surface area is 87.9 Å². The van der Waals surface area contributed by atoms with Gasteiger partial charge in [-0.2, -0.15) is 0 Å². The van der Waals surface area contributed by atoms with Gasteiger partial charge >= 0.3 is 0 Å². The Morgan fingerprint density at radius 3 is 2.86 bits per heavy atom. The van der Waals surface area contributed by atoms with E-state index >= 15 is 0 Å². The Balaban J connectivity index is 2.55. The van der Waals surface area contributed by atoms with Crippen molar-refractivity contribution in [2.24, 2.45) is 0 Å². The number of likely N-dealkylation sites (N-methyl/N-ethyl adjacent to an activating group) is 1. The first kappa shape index (κ1) is 11.0. The van der Waals surface area contributed by atoms with Gasteiger partial charge in [-0.3, -0.25) is 0 Å². The summed E-state index contributed by atoms with van der Waals surface area (Å²) in [4.78, 5) is 11.2. The number of carboxylic acid groups (broad SMARTS) is 1. The zero-order valence-electron chi connectivity index (χ0n) is 7.92. The van der Waals surface area contributed by atoms with Gasteiger partial charge in [-0.15, -0.1) is 0 Å². The fourth-order valence-corrected chi connectivity index (χ4v) is 1.52. The number of carbonyl (C=O) groups excluding carboxylic acids is 1. The molecule has 0 amide bonds. The predicted octanol–water partition coefficient (Wildman–Crippen LogP) is -0.895. The minimum absolute atomic E-state index is 0.00646. The molecule has 1 aromatic rings. The van der Waals surface area contributed by atoms with Crippen LogP contribution in [0.4, 0.5) is 0 Å². The van der Waals surface area contributed by atoms with E-state index in [-0.39, 0.29) is 6.54 Å². The van der Waals surface area contributed by atoms with Crippen molar-refractivity contribution in [1.82, 2.24) is 0 Å². The predicted molar refractivity (Wildman–Crippen MR) is 51.9 cm³/mol. The Bertz CT molecular complexity index is 328. The molecule has 0 aromatic heterocycles. The average Bonchev–Trinajstić information content (AvgIpc) is 2.01. The quantitative estimate of drug-likeness (QED) is 0.705. The van der Waals surface area contributed by atoms with Crippen molar-refractivity contribution in [3.63, 3.8) is 0 Å². The molecule has 0 bridgehead atoms. The number of carboxylic acids is 1. The number of quaternary nitrogens is 1. The van der Waals surface area contributed by atoms with E-state index in [1.165, 1.54) is 0 Å².